The van der Waals surface area contributed by atoms with Crippen LogP contribution in [0.1, 0.15) is 29.5 Å². The minimum atomic E-state index is -0.308. The Hall–Kier alpha value is -1.57. The topological polar surface area (TPSA) is 12.0 Å². The molecule has 2 heteroatoms. The predicted molar refractivity (Wildman–Crippen MR) is 76.3 cm³/mol. The Bertz CT molecular complexity index is 462. The van der Waals surface area contributed by atoms with Crippen molar-refractivity contribution >= 4 is 0 Å². The van der Waals surface area contributed by atoms with Gasteiger partial charge < -0.3 is 5.32 Å². The van der Waals surface area contributed by atoms with E-state index in [0.717, 1.165) is 11.3 Å². The molecule has 0 amide bonds. The molecular formula is C16H22FN. The fourth-order valence-corrected chi connectivity index (χ4v) is 2.21. The molecule has 0 aromatic heterocycles. The van der Waals surface area contributed by atoms with Crippen LogP contribution in [-0.4, -0.2) is 7.05 Å². The van der Waals surface area contributed by atoms with Gasteiger partial charge in [-0.05, 0) is 30.5 Å². The van der Waals surface area contributed by atoms with Crippen molar-refractivity contribution in [3.63, 3.8) is 0 Å². The third-order valence-electron chi connectivity index (χ3n) is 3.67. The van der Waals surface area contributed by atoms with Gasteiger partial charge in [0.1, 0.15) is 0 Å². The number of hydrogen-bond acceptors (Lipinski definition) is 1. The Kier molecular flexibility index (Phi) is 4.71. The summed E-state index contributed by atoms with van der Waals surface area (Å²) in [7, 11) is 1.81. The number of rotatable bonds is 5. The molecule has 2 atom stereocenters. The number of nitrogens with one attached hydrogen (secondary N) is 1. The number of hydrogen-bond donors (Lipinski definition) is 1. The van der Waals surface area contributed by atoms with Crippen LogP contribution in [0.5, 0.6) is 0 Å². The van der Waals surface area contributed by atoms with Gasteiger partial charge in [0.25, 0.3) is 0 Å². The molecule has 0 heterocycles. The molecule has 0 saturated heterocycles. The van der Waals surface area contributed by atoms with Crippen LogP contribution in [0.25, 0.3) is 0 Å². The van der Waals surface area contributed by atoms with Crippen molar-refractivity contribution in [2.24, 2.45) is 5.92 Å². The van der Waals surface area contributed by atoms with Gasteiger partial charge in [-0.1, -0.05) is 38.3 Å². The SMILES string of the molecule is C=C(F)C(C)C(C(=C)NC)c1cccc(C)c1C. The summed E-state index contributed by atoms with van der Waals surface area (Å²) in [5.41, 5.74) is 4.32. The average molecular weight is 247 g/mol. The van der Waals surface area contributed by atoms with E-state index < -0.39 is 0 Å². The summed E-state index contributed by atoms with van der Waals surface area (Å²) in [5, 5.41) is 3.04. The van der Waals surface area contributed by atoms with Crippen molar-refractivity contribution < 1.29 is 4.39 Å². The van der Waals surface area contributed by atoms with Gasteiger partial charge in [-0.15, -0.1) is 0 Å². The highest BCUT2D eigenvalue weighted by Crippen LogP contribution is 2.36. The number of likely N-dealkylation sites (N-methyl/N-ethyl adjacent to an activating group) is 1. The summed E-state index contributed by atoms with van der Waals surface area (Å²) >= 11 is 0. The van der Waals surface area contributed by atoms with E-state index in [1.54, 1.807) is 0 Å². The summed E-state index contributed by atoms with van der Waals surface area (Å²) < 4.78 is 13.5. The minimum absolute atomic E-state index is 0.0904. The highest BCUT2D eigenvalue weighted by Gasteiger charge is 2.25. The minimum Gasteiger partial charge on any atom is -0.391 e. The van der Waals surface area contributed by atoms with Crippen LogP contribution in [0.4, 0.5) is 4.39 Å². The first kappa shape index (κ1) is 14.5. The molecule has 0 bridgehead atoms. The van der Waals surface area contributed by atoms with Gasteiger partial charge in [0, 0.05) is 24.6 Å². The Morgan fingerprint density at radius 1 is 1.28 bits per heavy atom. The predicted octanol–water partition coefficient (Wildman–Crippen LogP) is 4.24. The van der Waals surface area contributed by atoms with Crippen molar-refractivity contribution in [3.05, 3.63) is 59.6 Å². The van der Waals surface area contributed by atoms with Crippen LogP contribution in [0, 0.1) is 19.8 Å². The van der Waals surface area contributed by atoms with Crippen LogP contribution in [0.2, 0.25) is 0 Å². The zero-order valence-corrected chi connectivity index (χ0v) is 11.7. The summed E-state index contributed by atoms with van der Waals surface area (Å²) in [4.78, 5) is 0. The third kappa shape index (κ3) is 2.81. The monoisotopic (exact) mass is 247 g/mol. The van der Waals surface area contributed by atoms with Crippen molar-refractivity contribution in [1.82, 2.24) is 5.32 Å². The molecule has 0 radical (unpaired) electrons. The molecule has 0 aliphatic heterocycles. The van der Waals surface area contributed by atoms with Gasteiger partial charge in [-0.3, -0.25) is 0 Å². The Morgan fingerprint density at radius 3 is 2.39 bits per heavy atom. The highest BCUT2D eigenvalue weighted by atomic mass is 19.1. The molecule has 1 aromatic carbocycles. The lowest BCUT2D eigenvalue weighted by atomic mass is 9.81. The van der Waals surface area contributed by atoms with E-state index in [1.807, 2.05) is 26.1 Å². The van der Waals surface area contributed by atoms with E-state index in [9.17, 15) is 4.39 Å². The second-order valence-corrected chi connectivity index (χ2v) is 4.78. The normalized spacial score (nSPS) is 13.8. The van der Waals surface area contributed by atoms with Crippen molar-refractivity contribution in [1.29, 1.82) is 0 Å². The fraction of sp³-hybridized carbons (Fsp3) is 0.375. The molecule has 18 heavy (non-hydrogen) atoms. The Labute approximate surface area is 109 Å². The summed E-state index contributed by atoms with van der Waals surface area (Å²) in [5.74, 6) is -0.685. The van der Waals surface area contributed by atoms with Gasteiger partial charge >= 0.3 is 0 Å². The van der Waals surface area contributed by atoms with Crippen molar-refractivity contribution in [2.75, 3.05) is 7.05 Å². The quantitative estimate of drug-likeness (QED) is 0.820. The largest absolute Gasteiger partial charge is 0.391 e. The van der Waals surface area contributed by atoms with Crippen molar-refractivity contribution in [3.8, 4) is 0 Å². The Balaban J connectivity index is 3.30. The lowest BCUT2D eigenvalue weighted by Crippen LogP contribution is -2.21. The molecule has 1 aromatic rings. The summed E-state index contributed by atoms with van der Waals surface area (Å²) in [6.07, 6.45) is 0. The van der Waals surface area contributed by atoms with E-state index in [4.69, 9.17) is 0 Å². The molecule has 0 aliphatic carbocycles. The van der Waals surface area contributed by atoms with Crippen LogP contribution in [0.3, 0.4) is 0 Å². The number of aryl methyl sites for hydroxylation is 1. The van der Waals surface area contributed by atoms with E-state index in [1.165, 1.54) is 11.1 Å². The van der Waals surface area contributed by atoms with Crippen LogP contribution in [-0.2, 0) is 0 Å². The van der Waals surface area contributed by atoms with Gasteiger partial charge in [0.05, 0.1) is 5.83 Å². The number of benzene rings is 1. The first-order valence-electron chi connectivity index (χ1n) is 6.17. The number of allylic oxidation sites excluding steroid dienone is 2. The Morgan fingerprint density at radius 2 is 1.89 bits per heavy atom. The maximum Gasteiger partial charge on any atom is 0.0966 e. The summed E-state index contributed by atoms with van der Waals surface area (Å²) in [6.45, 7) is 13.4. The maximum absolute atomic E-state index is 13.5. The van der Waals surface area contributed by atoms with E-state index in [0.29, 0.717) is 0 Å². The van der Waals surface area contributed by atoms with Crippen LogP contribution in [0.15, 0.2) is 42.9 Å². The molecular weight excluding hydrogens is 225 g/mol. The van der Waals surface area contributed by atoms with E-state index >= 15 is 0 Å². The molecule has 0 saturated carbocycles. The van der Waals surface area contributed by atoms with Gasteiger partial charge in [0.2, 0.25) is 0 Å². The lowest BCUT2D eigenvalue weighted by molar-refractivity contribution is 0.446. The average Bonchev–Trinajstić information content (AvgIpc) is 2.34. The second-order valence-electron chi connectivity index (χ2n) is 4.78. The molecule has 0 spiro atoms. The smallest absolute Gasteiger partial charge is 0.0966 e. The molecule has 1 nitrogen and oxygen atoms in total. The fourth-order valence-electron chi connectivity index (χ4n) is 2.21. The first-order valence-corrected chi connectivity index (χ1v) is 6.17. The summed E-state index contributed by atoms with van der Waals surface area (Å²) in [6, 6.07) is 6.10. The standard InChI is InChI=1S/C16H22FN/c1-10-8-7-9-15(11(10)2)16(14(5)18-6)12(3)13(4)17/h7-9,12,16,18H,4-5H2,1-3,6H3. The first-order chi connectivity index (χ1) is 8.40. The zero-order chi connectivity index (χ0) is 13.9. The van der Waals surface area contributed by atoms with Crippen LogP contribution >= 0.6 is 0 Å². The van der Waals surface area contributed by atoms with E-state index in [-0.39, 0.29) is 17.7 Å². The maximum atomic E-state index is 13.5. The van der Waals surface area contributed by atoms with Crippen LogP contribution < -0.4 is 5.32 Å². The lowest BCUT2D eigenvalue weighted by Gasteiger charge is -2.27. The van der Waals surface area contributed by atoms with Gasteiger partial charge in [-0.25, -0.2) is 4.39 Å². The third-order valence-corrected chi connectivity index (χ3v) is 3.67. The molecule has 1 N–H and O–H groups in total. The zero-order valence-electron chi connectivity index (χ0n) is 11.7. The van der Waals surface area contributed by atoms with E-state index in [2.05, 4.69) is 38.4 Å². The number of halogens is 1. The van der Waals surface area contributed by atoms with Gasteiger partial charge in [-0.2, -0.15) is 0 Å². The molecule has 0 aliphatic rings. The molecule has 0 fully saturated rings. The molecule has 98 valence electrons. The van der Waals surface area contributed by atoms with Crippen molar-refractivity contribution in [2.45, 2.75) is 26.7 Å². The highest BCUT2D eigenvalue weighted by molar-refractivity contribution is 5.40. The molecule has 1 rings (SSSR count). The second kappa shape index (κ2) is 5.85. The molecule has 2 unspecified atom stereocenters. The van der Waals surface area contributed by atoms with Gasteiger partial charge in [0.15, 0.2) is 0 Å².